The summed E-state index contributed by atoms with van der Waals surface area (Å²) in [5.74, 6) is -7.36. The molecule has 3 aliphatic heterocycles. The summed E-state index contributed by atoms with van der Waals surface area (Å²) in [4.78, 5) is 91.4. The molecule has 262 valence electrons. The molecule has 8 N–H and O–H groups in total. The van der Waals surface area contributed by atoms with Crippen LogP contribution in [0.4, 0.5) is 5.13 Å². The fraction of sp³-hybridized carbons (Fsp3) is 0.300. The average Bonchev–Trinajstić information content (AvgIpc) is 3.48. The fourth-order valence-electron chi connectivity index (χ4n) is 5.09. The van der Waals surface area contributed by atoms with Gasteiger partial charge < -0.3 is 41.6 Å². The number of carboxylic acid groups (broad SMARTS) is 2. The van der Waals surface area contributed by atoms with Crippen LogP contribution >= 0.6 is 23.1 Å². The van der Waals surface area contributed by atoms with Gasteiger partial charge in [-0.2, -0.15) is 0 Å². The van der Waals surface area contributed by atoms with Crippen molar-refractivity contribution in [2.75, 3.05) is 11.5 Å². The number of aromatic hydroxyl groups is 2. The first-order chi connectivity index (χ1) is 23.5. The maximum absolute atomic E-state index is 13.6. The Labute approximate surface area is 290 Å². The number of aliphatic imine (C=N–C) groups is 1. The van der Waals surface area contributed by atoms with Gasteiger partial charge in [0.2, 0.25) is 5.60 Å². The van der Waals surface area contributed by atoms with Gasteiger partial charge in [0.15, 0.2) is 28.1 Å². The van der Waals surface area contributed by atoms with Crippen molar-refractivity contribution < 1.29 is 54.0 Å². The number of hydrogen-bond acceptors (Lipinski definition) is 15. The van der Waals surface area contributed by atoms with E-state index in [1.54, 1.807) is 0 Å². The second-order valence-electron chi connectivity index (χ2n) is 11.5. The van der Waals surface area contributed by atoms with Crippen LogP contribution in [0, 0.1) is 0 Å². The Balaban J connectivity index is 1.48. The second kappa shape index (κ2) is 13.6. The van der Waals surface area contributed by atoms with Gasteiger partial charge in [0.05, 0.1) is 11.7 Å². The molecule has 3 atom stereocenters. The average molecular weight is 728 g/mol. The quantitative estimate of drug-likeness (QED) is 0.0550. The van der Waals surface area contributed by atoms with Gasteiger partial charge in [-0.25, -0.2) is 14.6 Å². The number of aliphatic carboxylic acids is 2. The number of nitrogen functional groups attached to an aromatic ring is 1. The van der Waals surface area contributed by atoms with Crippen LogP contribution in [-0.4, -0.2) is 100 Å². The van der Waals surface area contributed by atoms with E-state index in [0.29, 0.717) is 0 Å². The summed E-state index contributed by atoms with van der Waals surface area (Å²) in [5, 5.41) is 49.2. The zero-order valence-corrected chi connectivity index (χ0v) is 28.0. The van der Waals surface area contributed by atoms with Crippen molar-refractivity contribution in [1.29, 1.82) is 0 Å². The summed E-state index contributed by atoms with van der Waals surface area (Å²) in [5.41, 5.74) is 2.78. The summed E-state index contributed by atoms with van der Waals surface area (Å²) >= 11 is 2.01. The van der Waals surface area contributed by atoms with Crippen molar-refractivity contribution in [3.8, 4) is 11.5 Å². The Hall–Kier alpha value is -5.76. The molecule has 20 heteroatoms. The van der Waals surface area contributed by atoms with Crippen molar-refractivity contribution in [2.24, 2.45) is 10.1 Å². The first-order valence-electron chi connectivity index (χ1n) is 14.5. The number of oxime groups is 1. The number of carbonyl (C=O) groups is 6. The number of aromatic nitrogens is 1. The Kier molecular flexibility index (Phi) is 9.69. The molecule has 3 aliphatic rings. The molecular formula is C30H29N7O11S2. The number of fused-ring (bicyclic) bond motifs is 1. The third-order valence-electron chi connectivity index (χ3n) is 7.73. The number of Topliss-reactive ketones (excluding diaryl/α,β-unsaturated/α-hetero) is 1. The number of β-lactam (4-membered cyclic amide) rings is 1. The van der Waals surface area contributed by atoms with E-state index in [1.165, 1.54) is 38.4 Å². The fourth-order valence-corrected chi connectivity index (χ4v) is 7.03. The van der Waals surface area contributed by atoms with Crippen LogP contribution < -0.4 is 16.4 Å². The van der Waals surface area contributed by atoms with Crippen LogP contribution in [0.15, 0.2) is 56.3 Å². The standard InChI is InChI=1S/C30H29N7O11S2/c1-11-18(16(39)6-7-32-11)23(41)34-19(12-4-5-15(38)17(40)8-12)13-9-49-26-21(25(43)37(26)22(13)27(44)45)35-24(42)20(14-10-50-29(31)33-14)36-48-30(2,3)28(46)47/h4-5,7-8,10,19,21,26,38,40H,6,9H2,1-3H3,(H2,31,33)(H,34,41)(H,35,42)(H,44,45)(H,46,47)/b36-20-/t19?,21?,26-/m0/s1. The van der Waals surface area contributed by atoms with Crippen molar-refractivity contribution in [1.82, 2.24) is 20.5 Å². The van der Waals surface area contributed by atoms with Gasteiger partial charge in [0, 0.05) is 23.8 Å². The van der Waals surface area contributed by atoms with Gasteiger partial charge in [0.25, 0.3) is 17.7 Å². The highest BCUT2D eigenvalue weighted by atomic mass is 32.2. The van der Waals surface area contributed by atoms with Crippen LogP contribution in [-0.2, 0) is 33.6 Å². The number of nitrogens with zero attached hydrogens (tertiary/aromatic N) is 4. The number of thioether (sulfide) groups is 1. The smallest absolute Gasteiger partial charge is 0.352 e. The Morgan fingerprint density at radius 2 is 1.88 bits per heavy atom. The highest BCUT2D eigenvalue weighted by Crippen LogP contribution is 2.44. The highest BCUT2D eigenvalue weighted by molar-refractivity contribution is 8.00. The minimum Gasteiger partial charge on any atom is -0.504 e. The number of carboxylic acids is 2. The highest BCUT2D eigenvalue weighted by Gasteiger charge is 2.55. The molecule has 1 fully saturated rings. The van der Waals surface area contributed by atoms with Gasteiger partial charge in [-0.1, -0.05) is 11.2 Å². The summed E-state index contributed by atoms with van der Waals surface area (Å²) in [6.45, 7) is 3.85. The molecule has 1 saturated heterocycles. The summed E-state index contributed by atoms with van der Waals surface area (Å²) in [7, 11) is 0. The molecule has 0 saturated carbocycles. The number of hydrogen-bond donors (Lipinski definition) is 7. The van der Waals surface area contributed by atoms with Crippen LogP contribution in [0.5, 0.6) is 11.5 Å². The molecule has 0 bridgehead atoms. The number of thiazole rings is 1. The number of phenolic OH excluding ortho intramolecular Hbond substituents is 2. The van der Waals surface area contributed by atoms with Gasteiger partial charge >= 0.3 is 11.9 Å². The van der Waals surface area contributed by atoms with E-state index in [2.05, 4.69) is 25.8 Å². The number of nitrogens with two attached hydrogens (primary N) is 1. The first-order valence-corrected chi connectivity index (χ1v) is 16.5. The lowest BCUT2D eigenvalue weighted by Gasteiger charge is -2.50. The SMILES string of the molecule is CC1=C(C(=O)NC(C2=C(C(=O)O)N3C(=O)C(NC(=O)/C(=N\OC(C)(C)C(=O)O)c4csc(N)n4)[C@@H]3SC2)c2ccc(O)c(O)c2)C(=O)CC=N1. The van der Waals surface area contributed by atoms with Crippen molar-refractivity contribution in [2.45, 2.75) is 50.3 Å². The Morgan fingerprint density at radius 1 is 1.16 bits per heavy atom. The Bertz CT molecular complexity index is 1970. The number of phenols is 2. The van der Waals surface area contributed by atoms with E-state index in [0.717, 1.165) is 40.1 Å². The zero-order valence-electron chi connectivity index (χ0n) is 26.4. The number of ketones is 1. The molecule has 2 aromatic rings. The molecule has 18 nitrogen and oxygen atoms in total. The van der Waals surface area contributed by atoms with E-state index in [4.69, 9.17) is 10.6 Å². The first kappa shape index (κ1) is 35.5. The van der Waals surface area contributed by atoms with Crippen molar-refractivity contribution in [3.05, 3.63) is 57.4 Å². The Morgan fingerprint density at radius 3 is 2.48 bits per heavy atom. The molecule has 5 rings (SSSR count). The van der Waals surface area contributed by atoms with E-state index in [1.807, 2.05) is 0 Å². The maximum atomic E-state index is 13.6. The third-order valence-corrected chi connectivity index (χ3v) is 9.71. The zero-order chi connectivity index (χ0) is 36.7. The molecule has 1 aromatic carbocycles. The van der Waals surface area contributed by atoms with Gasteiger partial charge in [-0.3, -0.25) is 29.1 Å². The maximum Gasteiger partial charge on any atom is 0.352 e. The van der Waals surface area contributed by atoms with Crippen LogP contribution in [0.1, 0.15) is 44.5 Å². The van der Waals surface area contributed by atoms with Crippen molar-refractivity contribution in [3.63, 3.8) is 0 Å². The lowest BCUT2D eigenvalue weighted by Crippen LogP contribution is -2.71. The molecule has 0 radical (unpaired) electrons. The predicted molar refractivity (Wildman–Crippen MR) is 177 cm³/mol. The molecule has 0 aliphatic carbocycles. The largest absolute Gasteiger partial charge is 0.504 e. The number of anilines is 1. The second-order valence-corrected chi connectivity index (χ2v) is 13.5. The predicted octanol–water partition coefficient (Wildman–Crippen LogP) is 0.634. The monoisotopic (exact) mass is 727 g/mol. The molecule has 50 heavy (non-hydrogen) atoms. The number of carbonyl (C=O) groups excluding carboxylic acids is 4. The topological polar surface area (TPSA) is 284 Å². The van der Waals surface area contributed by atoms with E-state index >= 15 is 0 Å². The number of allylic oxidation sites excluding steroid dienone is 1. The van der Waals surface area contributed by atoms with Crippen molar-refractivity contribution >= 4 is 75.6 Å². The molecule has 1 aromatic heterocycles. The van der Waals surface area contributed by atoms with Crippen LogP contribution in [0.25, 0.3) is 0 Å². The van der Waals surface area contributed by atoms with E-state index in [9.17, 15) is 49.2 Å². The molecule has 2 unspecified atom stereocenters. The normalized spacial score (nSPS) is 19.8. The van der Waals surface area contributed by atoms with Crippen LogP contribution in [0.2, 0.25) is 0 Å². The van der Waals surface area contributed by atoms with Crippen LogP contribution in [0.3, 0.4) is 0 Å². The summed E-state index contributed by atoms with van der Waals surface area (Å²) in [6.07, 6.45) is 1.22. The van der Waals surface area contributed by atoms with Gasteiger partial charge in [0.1, 0.15) is 28.4 Å². The summed E-state index contributed by atoms with van der Waals surface area (Å²) < 4.78 is 0. The minimum absolute atomic E-state index is 0.00447. The van der Waals surface area contributed by atoms with Gasteiger partial charge in [-0.05, 0) is 44.0 Å². The molecule has 0 spiro atoms. The number of rotatable bonds is 11. The lowest BCUT2D eigenvalue weighted by molar-refractivity contribution is -0.161. The minimum atomic E-state index is -1.85. The van der Waals surface area contributed by atoms with E-state index < -0.39 is 81.4 Å². The molecular weight excluding hydrogens is 699 g/mol. The molecule has 4 heterocycles. The molecule has 3 amide bonds. The summed E-state index contributed by atoms with van der Waals surface area (Å²) in [6, 6.07) is 0.949. The van der Waals surface area contributed by atoms with E-state index in [-0.39, 0.29) is 45.4 Å². The lowest BCUT2D eigenvalue weighted by atomic mass is 9.93. The third kappa shape index (κ3) is 6.74. The number of benzene rings is 1. The van der Waals surface area contributed by atoms with Gasteiger partial charge in [-0.15, -0.1) is 23.1 Å². The number of nitrogens with one attached hydrogen (secondary N) is 2. The number of amides is 3.